The molecular formula is C12H15NO6S. The molecule has 0 fully saturated rings. The van der Waals surface area contributed by atoms with Gasteiger partial charge in [-0.25, -0.2) is 13.2 Å². The van der Waals surface area contributed by atoms with Gasteiger partial charge in [0, 0.05) is 6.26 Å². The summed E-state index contributed by atoms with van der Waals surface area (Å²) in [6, 6.07) is 1.48. The maximum Gasteiger partial charge on any atom is 0.343 e. The number of hydrogen-bond acceptors (Lipinski definition) is 7. The average molecular weight is 301 g/mol. The Morgan fingerprint density at radius 3 is 2.65 bits per heavy atom. The molecule has 0 bridgehead atoms. The van der Waals surface area contributed by atoms with Crippen molar-refractivity contribution in [2.45, 2.75) is 5.75 Å². The quantitative estimate of drug-likeness (QED) is 0.635. The van der Waals surface area contributed by atoms with Crippen LogP contribution in [0.15, 0.2) is 6.07 Å². The lowest BCUT2D eigenvalue weighted by molar-refractivity contribution is 0.0591. The van der Waals surface area contributed by atoms with E-state index in [2.05, 4.69) is 4.74 Å². The highest BCUT2D eigenvalue weighted by molar-refractivity contribution is 7.89. The van der Waals surface area contributed by atoms with Gasteiger partial charge in [0.05, 0.1) is 18.6 Å². The second-order valence-corrected chi connectivity index (χ2v) is 6.55. The molecule has 0 saturated carbocycles. The fourth-order valence-corrected chi connectivity index (χ4v) is 2.76. The molecule has 2 rings (SSSR count). The van der Waals surface area contributed by atoms with Crippen LogP contribution < -0.4 is 15.2 Å². The van der Waals surface area contributed by atoms with E-state index in [-0.39, 0.29) is 34.9 Å². The van der Waals surface area contributed by atoms with Crippen LogP contribution in [0.25, 0.3) is 0 Å². The minimum absolute atomic E-state index is 0.00310. The minimum Gasteiger partial charge on any atom is -0.486 e. The van der Waals surface area contributed by atoms with Crippen LogP contribution in [0.1, 0.15) is 15.9 Å². The Bertz CT molecular complexity index is 652. The van der Waals surface area contributed by atoms with Gasteiger partial charge in [0.15, 0.2) is 21.3 Å². The molecule has 0 saturated heterocycles. The number of ether oxygens (including phenoxy) is 3. The van der Waals surface area contributed by atoms with E-state index >= 15 is 0 Å². The fourth-order valence-electron chi connectivity index (χ4n) is 1.96. The Morgan fingerprint density at radius 2 is 2.05 bits per heavy atom. The van der Waals surface area contributed by atoms with E-state index in [1.165, 1.54) is 13.2 Å². The van der Waals surface area contributed by atoms with Crippen molar-refractivity contribution in [3.63, 3.8) is 0 Å². The number of carbonyl (C=O) groups excluding carboxylic acids is 1. The van der Waals surface area contributed by atoms with Gasteiger partial charge < -0.3 is 19.9 Å². The Kier molecular flexibility index (Phi) is 3.76. The SMILES string of the molecule is COC(=O)c1c(N)c(CS(C)(=O)=O)cc2c1OCCO2. The van der Waals surface area contributed by atoms with Gasteiger partial charge in [0.25, 0.3) is 0 Å². The van der Waals surface area contributed by atoms with Gasteiger partial charge in [-0.3, -0.25) is 0 Å². The number of methoxy groups -OCH3 is 1. The number of benzene rings is 1. The van der Waals surface area contributed by atoms with E-state index < -0.39 is 15.8 Å². The summed E-state index contributed by atoms with van der Waals surface area (Å²) in [6.07, 6.45) is 1.08. The predicted octanol–water partition coefficient (Wildman–Crippen LogP) is 0.371. The number of rotatable bonds is 3. The smallest absolute Gasteiger partial charge is 0.343 e. The third kappa shape index (κ3) is 2.79. The number of fused-ring (bicyclic) bond motifs is 1. The highest BCUT2D eigenvalue weighted by atomic mass is 32.2. The normalized spacial score (nSPS) is 13.9. The van der Waals surface area contributed by atoms with E-state index in [1.54, 1.807) is 0 Å². The van der Waals surface area contributed by atoms with Crippen molar-refractivity contribution in [1.29, 1.82) is 0 Å². The zero-order valence-corrected chi connectivity index (χ0v) is 12.0. The first-order valence-corrected chi connectivity index (χ1v) is 7.86. The third-order valence-corrected chi connectivity index (χ3v) is 3.60. The van der Waals surface area contributed by atoms with E-state index in [0.29, 0.717) is 12.4 Å². The number of esters is 1. The van der Waals surface area contributed by atoms with Crippen molar-refractivity contribution in [3.8, 4) is 11.5 Å². The van der Waals surface area contributed by atoms with Gasteiger partial charge in [0.2, 0.25) is 0 Å². The number of sulfone groups is 1. The largest absolute Gasteiger partial charge is 0.486 e. The van der Waals surface area contributed by atoms with Crippen LogP contribution in [0.4, 0.5) is 5.69 Å². The summed E-state index contributed by atoms with van der Waals surface area (Å²) in [5.41, 5.74) is 6.22. The molecule has 0 aliphatic carbocycles. The predicted molar refractivity (Wildman–Crippen MR) is 71.7 cm³/mol. The zero-order valence-electron chi connectivity index (χ0n) is 11.1. The average Bonchev–Trinajstić information content (AvgIpc) is 2.37. The van der Waals surface area contributed by atoms with Crippen LogP contribution in [0, 0.1) is 0 Å². The molecular weight excluding hydrogens is 286 g/mol. The molecule has 2 N–H and O–H groups in total. The van der Waals surface area contributed by atoms with Gasteiger partial charge in [-0.15, -0.1) is 0 Å². The van der Waals surface area contributed by atoms with Gasteiger partial charge in [-0.05, 0) is 11.6 Å². The van der Waals surface area contributed by atoms with Crippen LogP contribution >= 0.6 is 0 Å². The summed E-state index contributed by atoms with van der Waals surface area (Å²) in [5.74, 6) is -0.499. The lowest BCUT2D eigenvalue weighted by Crippen LogP contribution is -2.20. The first-order chi connectivity index (χ1) is 9.33. The molecule has 7 nitrogen and oxygen atoms in total. The first kappa shape index (κ1) is 14.4. The number of hydrogen-bond donors (Lipinski definition) is 1. The van der Waals surface area contributed by atoms with E-state index in [0.717, 1.165) is 6.26 Å². The Labute approximate surface area is 116 Å². The van der Waals surface area contributed by atoms with E-state index in [1.807, 2.05) is 0 Å². The number of carbonyl (C=O) groups is 1. The third-order valence-electron chi connectivity index (χ3n) is 2.77. The Balaban J connectivity index is 2.63. The van der Waals surface area contributed by atoms with Gasteiger partial charge >= 0.3 is 5.97 Å². The Hall–Kier alpha value is -1.96. The van der Waals surface area contributed by atoms with Gasteiger partial charge in [-0.1, -0.05) is 0 Å². The van der Waals surface area contributed by atoms with Crippen molar-refractivity contribution in [1.82, 2.24) is 0 Å². The molecule has 0 spiro atoms. The second-order valence-electron chi connectivity index (χ2n) is 4.41. The van der Waals surface area contributed by atoms with Crippen LogP contribution in [-0.4, -0.2) is 41.0 Å². The van der Waals surface area contributed by atoms with Crippen molar-refractivity contribution < 1.29 is 27.4 Å². The van der Waals surface area contributed by atoms with Crippen LogP contribution in [0.3, 0.4) is 0 Å². The monoisotopic (exact) mass is 301 g/mol. The topological polar surface area (TPSA) is 105 Å². The zero-order chi connectivity index (χ0) is 14.9. The number of nitrogen functional groups attached to an aromatic ring is 1. The summed E-state index contributed by atoms with van der Waals surface area (Å²) < 4.78 is 38.3. The highest BCUT2D eigenvalue weighted by Crippen LogP contribution is 2.40. The van der Waals surface area contributed by atoms with Gasteiger partial charge in [0.1, 0.15) is 18.8 Å². The van der Waals surface area contributed by atoms with E-state index in [4.69, 9.17) is 15.2 Å². The van der Waals surface area contributed by atoms with Crippen LogP contribution in [0.5, 0.6) is 11.5 Å². The number of nitrogens with two attached hydrogens (primary N) is 1. The second kappa shape index (κ2) is 5.20. The molecule has 0 aromatic heterocycles. The maximum absolute atomic E-state index is 11.8. The first-order valence-electron chi connectivity index (χ1n) is 5.80. The summed E-state index contributed by atoms with van der Waals surface area (Å²) in [5, 5.41) is 0. The highest BCUT2D eigenvalue weighted by Gasteiger charge is 2.27. The molecule has 0 amide bonds. The number of anilines is 1. The Morgan fingerprint density at radius 1 is 1.40 bits per heavy atom. The summed E-state index contributed by atoms with van der Waals surface area (Å²) in [7, 11) is -2.09. The van der Waals surface area contributed by atoms with Crippen molar-refractivity contribution in [2.75, 3.05) is 32.3 Å². The fraction of sp³-hybridized carbons (Fsp3) is 0.417. The summed E-state index contributed by atoms with van der Waals surface area (Å²) >= 11 is 0. The van der Waals surface area contributed by atoms with Crippen LogP contribution in [0.2, 0.25) is 0 Å². The lowest BCUT2D eigenvalue weighted by atomic mass is 10.1. The van der Waals surface area contributed by atoms with Crippen molar-refractivity contribution >= 4 is 21.5 Å². The van der Waals surface area contributed by atoms with Crippen molar-refractivity contribution in [3.05, 3.63) is 17.2 Å². The molecule has 110 valence electrons. The molecule has 1 aliphatic heterocycles. The standard InChI is InChI=1S/C12H15NO6S/c1-17-12(14)9-10(13)7(6-20(2,15)16)5-8-11(9)19-4-3-18-8/h5H,3-4,6,13H2,1-2H3. The molecule has 8 heteroatoms. The molecule has 0 unspecified atom stereocenters. The molecule has 0 radical (unpaired) electrons. The van der Waals surface area contributed by atoms with Crippen molar-refractivity contribution in [2.24, 2.45) is 0 Å². The van der Waals surface area contributed by atoms with Gasteiger partial charge in [-0.2, -0.15) is 0 Å². The molecule has 1 heterocycles. The van der Waals surface area contributed by atoms with Crippen LogP contribution in [-0.2, 0) is 20.3 Å². The maximum atomic E-state index is 11.8. The molecule has 0 atom stereocenters. The molecule has 1 aliphatic rings. The molecule has 1 aromatic rings. The van der Waals surface area contributed by atoms with E-state index in [9.17, 15) is 13.2 Å². The summed E-state index contributed by atoms with van der Waals surface area (Å²) in [6.45, 7) is 0.595. The molecule has 1 aromatic carbocycles. The minimum atomic E-state index is -3.30. The lowest BCUT2D eigenvalue weighted by Gasteiger charge is -2.23. The summed E-state index contributed by atoms with van der Waals surface area (Å²) in [4.78, 5) is 11.8. The molecule has 20 heavy (non-hydrogen) atoms.